The number of rotatable bonds is 3. The molecular formula is C15H11BrCl2FNO2. The summed E-state index contributed by atoms with van der Waals surface area (Å²) in [6.45, 7) is 1.64. The van der Waals surface area contributed by atoms with Crippen molar-refractivity contribution in [3.8, 4) is 11.3 Å². The first-order valence-corrected chi connectivity index (χ1v) is 7.71. The number of hydrogen-bond acceptors (Lipinski definition) is 3. The maximum Gasteiger partial charge on any atom is 0.326 e. The lowest BCUT2D eigenvalue weighted by Gasteiger charge is -2.20. The average molecular weight is 407 g/mol. The van der Waals surface area contributed by atoms with Crippen LogP contribution in [0.25, 0.3) is 11.3 Å². The van der Waals surface area contributed by atoms with E-state index in [4.69, 9.17) is 27.9 Å². The monoisotopic (exact) mass is 405 g/mol. The summed E-state index contributed by atoms with van der Waals surface area (Å²) in [4.78, 5) is 16.1. The van der Waals surface area contributed by atoms with Gasteiger partial charge < -0.3 is 4.74 Å². The van der Waals surface area contributed by atoms with Gasteiger partial charge in [0.15, 0.2) is 0 Å². The Bertz CT molecular complexity index is 737. The summed E-state index contributed by atoms with van der Waals surface area (Å²) in [7, 11) is 1.30. The quantitative estimate of drug-likeness (QED) is 0.410. The van der Waals surface area contributed by atoms with Crippen molar-refractivity contribution in [2.24, 2.45) is 0 Å². The second-order valence-corrected chi connectivity index (χ2v) is 7.07. The van der Waals surface area contributed by atoms with Gasteiger partial charge in [-0.05, 0) is 42.8 Å². The standard InChI is InChI=1S/C15H11BrCl2FNO2/c1-15(16,14(21)22-2)9-6-12(20-13(18)7-9)8-3-4-11(19)10(17)5-8/h3-7H,1-2H3. The van der Waals surface area contributed by atoms with E-state index in [1.54, 1.807) is 19.1 Å². The van der Waals surface area contributed by atoms with Gasteiger partial charge in [0.25, 0.3) is 0 Å². The molecule has 0 bridgehead atoms. The molecule has 1 aromatic heterocycles. The molecular weight excluding hydrogens is 396 g/mol. The molecule has 0 N–H and O–H groups in total. The number of methoxy groups -OCH3 is 1. The van der Waals surface area contributed by atoms with Gasteiger partial charge in [-0.1, -0.05) is 39.1 Å². The normalized spacial score (nSPS) is 13.5. The van der Waals surface area contributed by atoms with Crippen LogP contribution >= 0.6 is 39.1 Å². The molecule has 2 aromatic rings. The molecule has 3 nitrogen and oxygen atoms in total. The van der Waals surface area contributed by atoms with Crippen LogP contribution in [0.5, 0.6) is 0 Å². The van der Waals surface area contributed by atoms with Crippen molar-refractivity contribution in [3.63, 3.8) is 0 Å². The molecule has 0 aliphatic rings. The Morgan fingerprint density at radius 1 is 1.32 bits per heavy atom. The molecule has 7 heteroatoms. The fraction of sp³-hybridized carbons (Fsp3) is 0.200. The SMILES string of the molecule is COC(=O)C(C)(Br)c1cc(Cl)nc(-c2ccc(F)c(Cl)c2)c1. The Hall–Kier alpha value is -1.17. The highest BCUT2D eigenvalue weighted by atomic mass is 79.9. The number of benzene rings is 1. The van der Waals surface area contributed by atoms with E-state index in [-0.39, 0.29) is 10.2 Å². The zero-order chi connectivity index (χ0) is 16.5. The van der Waals surface area contributed by atoms with Crippen molar-refractivity contribution < 1.29 is 13.9 Å². The number of alkyl halides is 1. The van der Waals surface area contributed by atoms with Crippen molar-refractivity contribution in [2.75, 3.05) is 7.11 Å². The van der Waals surface area contributed by atoms with Crippen LogP contribution in [0.2, 0.25) is 10.2 Å². The largest absolute Gasteiger partial charge is 0.468 e. The van der Waals surface area contributed by atoms with Gasteiger partial charge in [0.1, 0.15) is 15.3 Å². The smallest absolute Gasteiger partial charge is 0.326 e. The molecule has 0 radical (unpaired) electrons. The summed E-state index contributed by atoms with van der Waals surface area (Å²) in [5, 5.41) is 0.179. The lowest BCUT2D eigenvalue weighted by Crippen LogP contribution is -2.27. The van der Waals surface area contributed by atoms with Crippen molar-refractivity contribution in [1.82, 2.24) is 4.98 Å². The van der Waals surface area contributed by atoms with E-state index in [1.165, 1.54) is 25.3 Å². The summed E-state index contributed by atoms with van der Waals surface area (Å²) >= 11 is 15.2. The second-order valence-electron chi connectivity index (χ2n) is 4.69. The number of ether oxygens (including phenoxy) is 1. The van der Waals surface area contributed by atoms with E-state index >= 15 is 0 Å². The van der Waals surface area contributed by atoms with E-state index in [0.717, 1.165) is 0 Å². The lowest BCUT2D eigenvalue weighted by molar-refractivity contribution is -0.143. The van der Waals surface area contributed by atoms with Gasteiger partial charge in [-0.25, -0.2) is 9.37 Å². The van der Waals surface area contributed by atoms with Crippen LogP contribution < -0.4 is 0 Å². The number of carbonyl (C=O) groups is 1. The van der Waals surface area contributed by atoms with Gasteiger partial charge in [0.2, 0.25) is 0 Å². The number of hydrogen-bond donors (Lipinski definition) is 0. The van der Waals surface area contributed by atoms with E-state index in [1.807, 2.05) is 0 Å². The molecule has 0 saturated heterocycles. The second kappa shape index (κ2) is 6.52. The van der Waals surface area contributed by atoms with Crippen LogP contribution in [0.3, 0.4) is 0 Å². The van der Waals surface area contributed by atoms with Crippen LogP contribution in [-0.4, -0.2) is 18.1 Å². The summed E-state index contributed by atoms with van der Waals surface area (Å²) in [6.07, 6.45) is 0. The Kier molecular flexibility index (Phi) is 5.10. The van der Waals surface area contributed by atoms with Gasteiger partial charge in [-0.3, -0.25) is 4.79 Å². The van der Waals surface area contributed by atoms with Gasteiger partial charge >= 0.3 is 5.97 Å². The minimum Gasteiger partial charge on any atom is -0.468 e. The molecule has 0 saturated carbocycles. The number of pyridine rings is 1. The minimum atomic E-state index is -1.08. The fourth-order valence-corrected chi connectivity index (χ4v) is 2.66. The first-order chi connectivity index (χ1) is 10.3. The maximum absolute atomic E-state index is 13.3. The predicted octanol–water partition coefficient (Wildman–Crippen LogP) is 4.98. The number of carbonyl (C=O) groups excluding carboxylic acids is 1. The third kappa shape index (κ3) is 3.42. The lowest BCUT2D eigenvalue weighted by atomic mass is 9.99. The molecule has 0 spiro atoms. The zero-order valence-electron chi connectivity index (χ0n) is 11.7. The molecule has 2 rings (SSSR count). The van der Waals surface area contributed by atoms with Gasteiger partial charge in [-0.15, -0.1) is 0 Å². The summed E-state index contributed by atoms with van der Waals surface area (Å²) in [5.74, 6) is -0.995. The molecule has 1 atom stereocenters. The Morgan fingerprint density at radius 2 is 2.00 bits per heavy atom. The Labute approximate surface area is 145 Å². The fourth-order valence-electron chi connectivity index (χ4n) is 1.88. The summed E-state index contributed by atoms with van der Waals surface area (Å²) < 4.78 is 17.0. The molecule has 0 amide bonds. The van der Waals surface area contributed by atoms with Crippen LogP contribution in [0.15, 0.2) is 30.3 Å². The number of halogens is 4. The summed E-state index contributed by atoms with van der Waals surface area (Å²) in [5.41, 5.74) is 1.62. The highest BCUT2D eigenvalue weighted by molar-refractivity contribution is 9.10. The van der Waals surface area contributed by atoms with E-state index in [2.05, 4.69) is 20.9 Å². The van der Waals surface area contributed by atoms with Crippen molar-refractivity contribution >= 4 is 45.1 Å². The first-order valence-electron chi connectivity index (χ1n) is 6.16. The third-order valence-electron chi connectivity index (χ3n) is 3.12. The first kappa shape index (κ1) is 17.2. The minimum absolute atomic E-state index is 0.0182. The Morgan fingerprint density at radius 3 is 2.59 bits per heavy atom. The van der Waals surface area contributed by atoms with Crippen molar-refractivity contribution in [1.29, 1.82) is 0 Å². The van der Waals surface area contributed by atoms with Crippen LogP contribution in [0.1, 0.15) is 12.5 Å². The van der Waals surface area contributed by atoms with Crippen LogP contribution in [0.4, 0.5) is 4.39 Å². The molecule has 1 heterocycles. The molecule has 1 unspecified atom stereocenters. The van der Waals surface area contributed by atoms with E-state index < -0.39 is 16.1 Å². The Balaban J connectivity index is 2.55. The molecule has 0 aliphatic carbocycles. The van der Waals surface area contributed by atoms with E-state index in [0.29, 0.717) is 16.8 Å². The van der Waals surface area contributed by atoms with Crippen molar-refractivity contribution in [3.05, 3.63) is 51.9 Å². The van der Waals surface area contributed by atoms with E-state index in [9.17, 15) is 9.18 Å². The topological polar surface area (TPSA) is 39.2 Å². The number of esters is 1. The highest BCUT2D eigenvalue weighted by Gasteiger charge is 2.34. The molecule has 22 heavy (non-hydrogen) atoms. The molecule has 1 aromatic carbocycles. The third-order valence-corrected chi connectivity index (χ3v) is 4.39. The van der Waals surface area contributed by atoms with Gasteiger partial charge in [0.05, 0.1) is 17.8 Å². The maximum atomic E-state index is 13.3. The molecule has 0 fully saturated rings. The van der Waals surface area contributed by atoms with Crippen molar-refractivity contribution in [2.45, 2.75) is 11.2 Å². The number of aromatic nitrogens is 1. The van der Waals surface area contributed by atoms with Gasteiger partial charge in [-0.2, -0.15) is 0 Å². The van der Waals surface area contributed by atoms with Crippen LogP contribution in [0, 0.1) is 5.82 Å². The summed E-state index contributed by atoms with van der Waals surface area (Å²) in [6, 6.07) is 7.45. The van der Waals surface area contributed by atoms with Gasteiger partial charge in [0, 0.05) is 5.56 Å². The number of nitrogens with zero attached hydrogens (tertiary/aromatic N) is 1. The molecule has 116 valence electrons. The molecule has 0 aliphatic heterocycles. The zero-order valence-corrected chi connectivity index (χ0v) is 14.8. The average Bonchev–Trinajstić information content (AvgIpc) is 2.48. The van der Waals surface area contributed by atoms with Crippen LogP contribution in [-0.2, 0) is 13.9 Å². The highest BCUT2D eigenvalue weighted by Crippen LogP contribution is 2.35. The predicted molar refractivity (Wildman–Crippen MR) is 87.9 cm³/mol.